The van der Waals surface area contributed by atoms with Crippen molar-refractivity contribution in [2.75, 3.05) is 0 Å². The Morgan fingerprint density at radius 2 is 2.00 bits per heavy atom. The van der Waals surface area contributed by atoms with Crippen molar-refractivity contribution in [1.82, 2.24) is 10.2 Å². The van der Waals surface area contributed by atoms with Crippen molar-refractivity contribution in [3.8, 4) is 17.2 Å². The zero-order chi connectivity index (χ0) is 15.7. The monoisotopic (exact) mass is 301 g/mol. The van der Waals surface area contributed by atoms with Gasteiger partial charge < -0.3 is 0 Å². The number of aromatic nitrogens is 2. The van der Waals surface area contributed by atoms with E-state index in [2.05, 4.69) is 10.2 Å². The van der Waals surface area contributed by atoms with Gasteiger partial charge in [-0.1, -0.05) is 24.3 Å². The van der Waals surface area contributed by atoms with Crippen molar-refractivity contribution in [2.45, 2.75) is 12.6 Å². The number of benzene rings is 2. The molecule has 0 saturated heterocycles. The number of rotatable bonds is 2. The van der Waals surface area contributed by atoms with E-state index >= 15 is 0 Å². The second kappa shape index (κ2) is 5.19. The largest absolute Gasteiger partial charge is 0.416 e. The van der Waals surface area contributed by atoms with E-state index in [0.29, 0.717) is 22.0 Å². The number of aromatic amines is 1. The maximum Gasteiger partial charge on any atom is 0.416 e. The van der Waals surface area contributed by atoms with Crippen LogP contribution < -0.4 is 0 Å². The van der Waals surface area contributed by atoms with Crippen LogP contribution in [0.4, 0.5) is 13.2 Å². The van der Waals surface area contributed by atoms with E-state index in [4.69, 9.17) is 5.26 Å². The first-order chi connectivity index (χ1) is 10.5. The number of hydrogen-bond acceptors (Lipinski definition) is 2. The average molecular weight is 301 g/mol. The number of nitrogens with zero attached hydrogens (tertiary/aromatic N) is 2. The molecule has 0 fully saturated rings. The highest BCUT2D eigenvalue weighted by atomic mass is 19.4. The van der Waals surface area contributed by atoms with Gasteiger partial charge in [0.2, 0.25) is 0 Å². The first-order valence-electron chi connectivity index (χ1n) is 6.49. The van der Waals surface area contributed by atoms with Crippen molar-refractivity contribution in [3.63, 3.8) is 0 Å². The number of nitriles is 1. The molecular weight excluding hydrogens is 291 g/mol. The lowest BCUT2D eigenvalue weighted by Gasteiger charge is -2.11. The van der Waals surface area contributed by atoms with E-state index in [1.807, 2.05) is 6.07 Å². The highest BCUT2D eigenvalue weighted by Gasteiger charge is 2.31. The Bertz CT molecular complexity index is 872. The molecule has 3 rings (SSSR count). The van der Waals surface area contributed by atoms with E-state index in [-0.39, 0.29) is 6.42 Å². The molecule has 22 heavy (non-hydrogen) atoms. The van der Waals surface area contributed by atoms with Crippen LogP contribution in [0.25, 0.3) is 22.0 Å². The van der Waals surface area contributed by atoms with Gasteiger partial charge in [0.1, 0.15) is 0 Å². The summed E-state index contributed by atoms with van der Waals surface area (Å²) in [6, 6.07) is 11.1. The lowest BCUT2D eigenvalue weighted by atomic mass is 9.97. The van der Waals surface area contributed by atoms with Gasteiger partial charge in [0.25, 0.3) is 0 Å². The molecular formula is C16H10F3N3. The normalized spacial score (nSPS) is 11.5. The summed E-state index contributed by atoms with van der Waals surface area (Å²) < 4.78 is 39.1. The fourth-order valence-electron chi connectivity index (χ4n) is 2.39. The molecule has 3 nitrogen and oxygen atoms in total. The number of nitrogens with one attached hydrogen (secondary N) is 1. The van der Waals surface area contributed by atoms with Crippen LogP contribution in [-0.2, 0) is 12.6 Å². The molecule has 0 bridgehead atoms. The van der Waals surface area contributed by atoms with Crippen molar-refractivity contribution < 1.29 is 13.2 Å². The molecule has 0 aliphatic rings. The third kappa shape index (κ3) is 2.53. The van der Waals surface area contributed by atoms with Crippen molar-refractivity contribution >= 4 is 10.9 Å². The Morgan fingerprint density at radius 1 is 1.18 bits per heavy atom. The first-order valence-corrected chi connectivity index (χ1v) is 6.49. The van der Waals surface area contributed by atoms with Gasteiger partial charge >= 0.3 is 6.18 Å². The van der Waals surface area contributed by atoms with Gasteiger partial charge in [0.05, 0.1) is 29.8 Å². The minimum absolute atomic E-state index is 0.210. The van der Waals surface area contributed by atoms with E-state index in [1.54, 1.807) is 24.3 Å². The van der Waals surface area contributed by atoms with Crippen LogP contribution in [0.5, 0.6) is 0 Å². The molecule has 6 heteroatoms. The summed E-state index contributed by atoms with van der Waals surface area (Å²) >= 11 is 0. The summed E-state index contributed by atoms with van der Waals surface area (Å²) in [7, 11) is 0. The van der Waals surface area contributed by atoms with Crippen molar-refractivity contribution in [3.05, 3.63) is 53.7 Å². The number of H-pyrrole nitrogens is 1. The standard InChI is InChI=1S/C16H10F3N3/c17-16(18,19)12-7-13(14-9-21-22-15(14)8-12)11-3-1-2-10(6-11)4-5-20/h1-3,6-9H,4H2,(H,21,22). The zero-order valence-corrected chi connectivity index (χ0v) is 11.3. The van der Waals surface area contributed by atoms with Crippen LogP contribution in [0.3, 0.4) is 0 Å². The second-order valence-electron chi connectivity index (χ2n) is 4.89. The van der Waals surface area contributed by atoms with Gasteiger partial charge in [-0.05, 0) is 28.8 Å². The fraction of sp³-hybridized carbons (Fsp3) is 0.125. The molecule has 0 spiro atoms. The van der Waals surface area contributed by atoms with E-state index in [0.717, 1.165) is 17.7 Å². The number of halogens is 3. The van der Waals surface area contributed by atoms with Crippen molar-refractivity contribution in [1.29, 1.82) is 5.26 Å². The summed E-state index contributed by atoms with van der Waals surface area (Å²) in [5.74, 6) is 0. The Balaban J connectivity index is 2.23. The number of alkyl halides is 3. The maximum atomic E-state index is 13.0. The maximum absolute atomic E-state index is 13.0. The van der Waals surface area contributed by atoms with E-state index in [1.165, 1.54) is 6.20 Å². The third-order valence-corrected chi connectivity index (χ3v) is 3.41. The predicted molar refractivity (Wildman–Crippen MR) is 75.8 cm³/mol. The average Bonchev–Trinajstić information content (AvgIpc) is 2.94. The van der Waals surface area contributed by atoms with E-state index in [9.17, 15) is 13.2 Å². The van der Waals surface area contributed by atoms with Crippen LogP contribution in [-0.4, -0.2) is 10.2 Å². The minimum Gasteiger partial charge on any atom is -0.278 e. The summed E-state index contributed by atoms with van der Waals surface area (Å²) in [5, 5.41) is 15.8. The summed E-state index contributed by atoms with van der Waals surface area (Å²) in [6.07, 6.45) is -2.72. The van der Waals surface area contributed by atoms with Crippen LogP contribution in [0, 0.1) is 11.3 Å². The van der Waals surface area contributed by atoms with Gasteiger partial charge in [0, 0.05) is 5.39 Å². The highest BCUT2D eigenvalue weighted by molar-refractivity contribution is 5.95. The Hall–Kier alpha value is -2.81. The molecule has 0 aliphatic carbocycles. The summed E-state index contributed by atoms with van der Waals surface area (Å²) in [5.41, 5.74) is 1.43. The second-order valence-corrected chi connectivity index (χ2v) is 4.89. The number of hydrogen-bond donors (Lipinski definition) is 1. The zero-order valence-electron chi connectivity index (χ0n) is 11.3. The van der Waals surface area contributed by atoms with Crippen LogP contribution in [0.2, 0.25) is 0 Å². The molecule has 3 aromatic rings. The van der Waals surface area contributed by atoms with E-state index < -0.39 is 11.7 Å². The molecule has 110 valence electrons. The molecule has 1 heterocycles. The van der Waals surface area contributed by atoms with Gasteiger partial charge in [-0.25, -0.2) is 0 Å². The molecule has 0 atom stereocenters. The highest BCUT2D eigenvalue weighted by Crippen LogP contribution is 2.36. The lowest BCUT2D eigenvalue weighted by Crippen LogP contribution is -2.05. The SMILES string of the molecule is N#CCc1cccc(-c2cc(C(F)(F)F)cc3[nH]ncc23)c1. The summed E-state index contributed by atoms with van der Waals surface area (Å²) in [6.45, 7) is 0. The smallest absolute Gasteiger partial charge is 0.278 e. The molecule has 0 radical (unpaired) electrons. The van der Waals surface area contributed by atoms with Gasteiger partial charge in [0.15, 0.2) is 0 Å². The number of fused-ring (bicyclic) bond motifs is 1. The Morgan fingerprint density at radius 3 is 2.73 bits per heavy atom. The molecule has 0 amide bonds. The first kappa shape index (κ1) is 14.1. The molecule has 1 aromatic heterocycles. The Kier molecular flexibility index (Phi) is 3.33. The van der Waals surface area contributed by atoms with Crippen LogP contribution >= 0.6 is 0 Å². The third-order valence-electron chi connectivity index (χ3n) is 3.41. The predicted octanol–water partition coefficient (Wildman–Crippen LogP) is 4.31. The van der Waals surface area contributed by atoms with Crippen molar-refractivity contribution in [2.24, 2.45) is 0 Å². The molecule has 0 saturated carbocycles. The minimum atomic E-state index is -4.43. The molecule has 0 aliphatic heterocycles. The topological polar surface area (TPSA) is 52.5 Å². The molecule has 1 N–H and O–H groups in total. The lowest BCUT2D eigenvalue weighted by molar-refractivity contribution is -0.137. The fourth-order valence-corrected chi connectivity index (χ4v) is 2.39. The van der Waals surface area contributed by atoms with Gasteiger partial charge in [-0.3, -0.25) is 5.10 Å². The summed E-state index contributed by atoms with van der Waals surface area (Å²) in [4.78, 5) is 0. The quantitative estimate of drug-likeness (QED) is 0.766. The molecule has 0 unspecified atom stereocenters. The Labute approximate surface area is 124 Å². The van der Waals surface area contributed by atoms with Crippen LogP contribution in [0.1, 0.15) is 11.1 Å². The van der Waals surface area contributed by atoms with Gasteiger partial charge in [-0.2, -0.15) is 23.5 Å². The molecule has 2 aromatic carbocycles. The van der Waals surface area contributed by atoms with Gasteiger partial charge in [-0.15, -0.1) is 0 Å². The van der Waals surface area contributed by atoms with Crippen LogP contribution in [0.15, 0.2) is 42.6 Å².